The maximum absolute atomic E-state index is 12.3. The van der Waals surface area contributed by atoms with Gasteiger partial charge in [0.25, 0.3) is 11.8 Å². The Balaban J connectivity index is 1.92. The van der Waals surface area contributed by atoms with Crippen molar-refractivity contribution in [2.75, 3.05) is 20.8 Å². The van der Waals surface area contributed by atoms with Crippen molar-refractivity contribution in [1.29, 1.82) is 0 Å². The molecule has 0 aliphatic heterocycles. The maximum atomic E-state index is 12.3. The van der Waals surface area contributed by atoms with Gasteiger partial charge in [-0.3, -0.25) is 20.4 Å². The topological polar surface area (TPSA) is 85.9 Å². The zero-order valence-electron chi connectivity index (χ0n) is 16.6. The first-order valence-corrected chi connectivity index (χ1v) is 9.00. The van der Waals surface area contributed by atoms with E-state index in [-0.39, 0.29) is 5.56 Å². The van der Waals surface area contributed by atoms with Gasteiger partial charge in [0.1, 0.15) is 17.2 Å². The van der Waals surface area contributed by atoms with Crippen molar-refractivity contribution in [2.24, 2.45) is 5.92 Å². The second-order valence-electron chi connectivity index (χ2n) is 6.53. The van der Waals surface area contributed by atoms with Crippen molar-refractivity contribution in [3.63, 3.8) is 0 Å². The van der Waals surface area contributed by atoms with Crippen LogP contribution < -0.4 is 25.1 Å². The Hall–Kier alpha value is -3.22. The van der Waals surface area contributed by atoms with Gasteiger partial charge in [-0.1, -0.05) is 13.8 Å². The van der Waals surface area contributed by atoms with Gasteiger partial charge in [-0.05, 0) is 48.7 Å². The molecule has 2 aromatic rings. The molecule has 0 aromatic heterocycles. The summed E-state index contributed by atoms with van der Waals surface area (Å²) in [5.41, 5.74) is 5.45. The van der Waals surface area contributed by atoms with Crippen molar-refractivity contribution >= 4 is 11.8 Å². The van der Waals surface area contributed by atoms with Gasteiger partial charge in [0.05, 0.1) is 26.4 Å². The van der Waals surface area contributed by atoms with Crippen LogP contribution in [0.15, 0.2) is 42.5 Å². The number of hydrogen-bond acceptors (Lipinski definition) is 5. The molecule has 150 valence electrons. The lowest BCUT2D eigenvalue weighted by Gasteiger charge is -2.12. The number of carbonyl (C=O) groups excluding carboxylic acids is 2. The van der Waals surface area contributed by atoms with Gasteiger partial charge in [-0.25, -0.2) is 0 Å². The van der Waals surface area contributed by atoms with Crippen LogP contribution in [0.1, 0.15) is 41.0 Å². The molecule has 0 aliphatic rings. The number of hydrazine groups is 1. The van der Waals surface area contributed by atoms with Crippen molar-refractivity contribution in [3.8, 4) is 17.2 Å². The molecule has 0 spiro atoms. The van der Waals surface area contributed by atoms with Gasteiger partial charge in [-0.2, -0.15) is 0 Å². The minimum Gasteiger partial charge on any atom is -0.497 e. The van der Waals surface area contributed by atoms with E-state index < -0.39 is 11.8 Å². The number of methoxy groups -OCH3 is 2. The number of amides is 2. The van der Waals surface area contributed by atoms with Crippen molar-refractivity contribution in [1.82, 2.24) is 10.9 Å². The fourth-order valence-electron chi connectivity index (χ4n) is 2.35. The molecule has 0 fully saturated rings. The second-order valence-corrected chi connectivity index (χ2v) is 6.53. The summed E-state index contributed by atoms with van der Waals surface area (Å²) in [5.74, 6) is 1.24. The minimum absolute atomic E-state index is 0.275. The van der Waals surface area contributed by atoms with E-state index in [2.05, 4.69) is 24.7 Å². The highest BCUT2D eigenvalue weighted by atomic mass is 16.5. The number of nitrogens with one attached hydrogen (secondary N) is 2. The van der Waals surface area contributed by atoms with Gasteiger partial charge in [-0.15, -0.1) is 0 Å². The lowest BCUT2D eigenvalue weighted by atomic mass is 10.1. The molecule has 2 rings (SSSR count). The molecule has 0 saturated carbocycles. The molecule has 0 saturated heterocycles. The molecule has 7 heteroatoms. The lowest BCUT2D eigenvalue weighted by Crippen LogP contribution is -2.41. The summed E-state index contributed by atoms with van der Waals surface area (Å²) in [4.78, 5) is 24.6. The van der Waals surface area contributed by atoms with Crippen LogP contribution in [-0.4, -0.2) is 32.6 Å². The molecular formula is C21H26N2O5. The van der Waals surface area contributed by atoms with Crippen LogP contribution in [0.3, 0.4) is 0 Å². The number of ether oxygens (including phenoxy) is 3. The third-order valence-corrected chi connectivity index (χ3v) is 4.02. The van der Waals surface area contributed by atoms with Crippen molar-refractivity contribution < 1.29 is 23.8 Å². The fraction of sp³-hybridized carbons (Fsp3) is 0.333. The second kappa shape index (κ2) is 10.2. The monoisotopic (exact) mass is 386 g/mol. The van der Waals surface area contributed by atoms with Crippen molar-refractivity contribution in [2.45, 2.75) is 20.3 Å². The van der Waals surface area contributed by atoms with Crippen LogP contribution in [0, 0.1) is 5.92 Å². The molecule has 2 amide bonds. The van der Waals surface area contributed by atoms with Crippen LogP contribution in [0.5, 0.6) is 17.2 Å². The SMILES string of the molecule is COc1ccc(C(=O)NNC(=O)c2ccc(OCCC(C)C)cc2)c(OC)c1. The Morgan fingerprint density at radius 2 is 1.54 bits per heavy atom. The van der Waals surface area contributed by atoms with E-state index in [0.717, 1.165) is 6.42 Å². The van der Waals surface area contributed by atoms with E-state index in [4.69, 9.17) is 14.2 Å². The Labute approximate surface area is 165 Å². The summed E-state index contributed by atoms with van der Waals surface area (Å²) in [6.45, 7) is 4.89. The Morgan fingerprint density at radius 1 is 0.893 bits per heavy atom. The zero-order chi connectivity index (χ0) is 20.5. The molecule has 2 N–H and O–H groups in total. The van der Waals surface area contributed by atoms with Gasteiger partial charge in [0.2, 0.25) is 0 Å². The molecule has 0 radical (unpaired) electrons. The minimum atomic E-state index is -0.499. The highest BCUT2D eigenvalue weighted by Crippen LogP contribution is 2.24. The van der Waals surface area contributed by atoms with Gasteiger partial charge >= 0.3 is 0 Å². The van der Waals surface area contributed by atoms with Gasteiger partial charge in [0.15, 0.2) is 0 Å². The van der Waals surface area contributed by atoms with Crippen LogP contribution in [0.25, 0.3) is 0 Å². The quantitative estimate of drug-likeness (QED) is 0.681. The third-order valence-electron chi connectivity index (χ3n) is 4.02. The Morgan fingerprint density at radius 3 is 2.14 bits per heavy atom. The normalized spacial score (nSPS) is 10.3. The lowest BCUT2D eigenvalue weighted by molar-refractivity contribution is 0.0845. The molecule has 0 aliphatic carbocycles. The molecule has 2 aromatic carbocycles. The van der Waals surface area contributed by atoms with Crippen LogP contribution in [-0.2, 0) is 0 Å². The van der Waals surface area contributed by atoms with Crippen LogP contribution in [0.4, 0.5) is 0 Å². The maximum Gasteiger partial charge on any atom is 0.273 e. The largest absolute Gasteiger partial charge is 0.497 e. The first-order chi connectivity index (χ1) is 13.4. The molecule has 28 heavy (non-hydrogen) atoms. The predicted molar refractivity (Wildman–Crippen MR) is 106 cm³/mol. The number of benzene rings is 2. The highest BCUT2D eigenvalue weighted by molar-refractivity contribution is 6.00. The van der Waals surface area contributed by atoms with E-state index in [1.54, 1.807) is 42.5 Å². The van der Waals surface area contributed by atoms with E-state index in [1.165, 1.54) is 14.2 Å². The van der Waals surface area contributed by atoms with E-state index in [9.17, 15) is 9.59 Å². The molecule has 0 atom stereocenters. The number of hydrogen-bond donors (Lipinski definition) is 2. The van der Waals surface area contributed by atoms with Crippen LogP contribution >= 0.6 is 0 Å². The smallest absolute Gasteiger partial charge is 0.273 e. The first-order valence-electron chi connectivity index (χ1n) is 9.00. The average Bonchev–Trinajstić information content (AvgIpc) is 2.71. The highest BCUT2D eigenvalue weighted by Gasteiger charge is 2.14. The molecule has 0 bridgehead atoms. The van der Waals surface area contributed by atoms with Gasteiger partial charge in [0, 0.05) is 11.6 Å². The summed E-state index contributed by atoms with van der Waals surface area (Å²) < 4.78 is 15.9. The predicted octanol–water partition coefficient (Wildman–Crippen LogP) is 3.20. The third kappa shape index (κ3) is 5.90. The Bertz CT molecular complexity index is 803. The summed E-state index contributed by atoms with van der Waals surface area (Å²) in [6, 6.07) is 11.5. The molecular weight excluding hydrogens is 360 g/mol. The summed E-state index contributed by atoms with van der Waals surface area (Å²) >= 11 is 0. The van der Waals surface area contributed by atoms with Crippen LogP contribution in [0.2, 0.25) is 0 Å². The summed E-state index contributed by atoms with van der Waals surface area (Å²) in [5, 5.41) is 0. The summed E-state index contributed by atoms with van der Waals surface area (Å²) in [6.07, 6.45) is 0.961. The molecule has 7 nitrogen and oxygen atoms in total. The molecule has 0 heterocycles. The zero-order valence-corrected chi connectivity index (χ0v) is 16.6. The fourth-order valence-corrected chi connectivity index (χ4v) is 2.35. The van der Waals surface area contributed by atoms with E-state index in [1.807, 2.05) is 0 Å². The number of carbonyl (C=O) groups is 2. The van der Waals surface area contributed by atoms with Gasteiger partial charge < -0.3 is 14.2 Å². The van der Waals surface area contributed by atoms with E-state index >= 15 is 0 Å². The summed E-state index contributed by atoms with van der Waals surface area (Å²) in [7, 11) is 2.98. The first kappa shape index (κ1) is 21.1. The van der Waals surface area contributed by atoms with Crippen molar-refractivity contribution in [3.05, 3.63) is 53.6 Å². The number of rotatable bonds is 8. The standard InChI is InChI=1S/C21H26N2O5/c1-14(2)11-12-28-16-7-5-15(6-8-16)20(24)22-23-21(25)18-10-9-17(26-3)13-19(18)27-4/h5-10,13-14H,11-12H2,1-4H3,(H,22,24)(H,23,25). The average molecular weight is 386 g/mol. The Kier molecular flexibility index (Phi) is 7.68. The van der Waals surface area contributed by atoms with E-state index in [0.29, 0.717) is 35.3 Å². The molecule has 0 unspecified atom stereocenters.